The van der Waals surface area contributed by atoms with Gasteiger partial charge < -0.3 is 10.1 Å². The third-order valence-electron chi connectivity index (χ3n) is 7.51. The number of hydrogen-bond acceptors (Lipinski definition) is 4. The van der Waals surface area contributed by atoms with E-state index in [1.54, 1.807) is 41.1 Å². The highest BCUT2D eigenvalue weighted by molar-refractivity contribution is 6.35. The third-order valence-corrected chi connectivity index (χ3v) is 8.05. The Hall–Kier alpha value is -3.75. The molecule has 0 unspecified atom stereocenters. The van der Waals surface area contributed by atoms with Crippen molar-refractivity contribution in [2.45, 2.75) is 50.5 Å². The Kier molecular flexibility index (Phi) is 9.24. The lowest BCUT2D eigenvalue weighted by molar-refractivity contribution is -0.142. The highest BCUT2D eigenvalue weighted by Crippen LogP contribution is 2.38. The van der Waals surface area contributed by atoms with Crippen LogP contribution < -0.4 is 5.32 Å². The number of nitrogens with one attached hydrogen (secondary N) is 1. The summed E-state index contributed by atoms with van der Waals surface area (Å²) < 4.78 is 34.2. The minimum Gasteiger partial charge on any atom is -0.467 e. The van der Waals surface area contributed by atoms with Crippen molar-refractivity contribution in [3.05, 3.63) is 116 Å². The highest BCUT2D eigenvalue weighted by atomic mass is 35.5. The molecule has 1 heterocycles. The van der Waals surface area contributed by atoms with Crippen LogP contribution in [0.1, 0.15) is 58.1 Å². The number of fused-ring (bicyclic) bond motifs is 1. The van der Waals surface area contributed by atoms with E-state index in [-0.39, 0.29) is 23.8 Å². The van der Waals surface area contributed by atoms with Crippen LogP contribution in [0.4, 0.5) is 8.78 Å². The molecule has 0 saturated carbocycles. The zero-order valence-corrected chi connectivity index (χ0v) is 24.4. The molecule has 0 spiro atoms. The van der Waals surface area contributed by atoms with E-state index in [1.165, 1.54) is 31.4 Å². The van der Waals surface area contributed by atoms with Gasteiger partial charge in [0.25, 0.3) is 5.91 Å². The molecule has 0 saturated heterocycles. The minimum atomic E-state index is -1.03. The van der Waals surface area contributed by atoms with Crippen LogP contribution in [0.3, 0.4) is 0 Å². The summed E-state index contributed by atoms with van der Waals surface area (Å²) >= 11 is 12.8. The van der Waals surface area contributed by atoms with Gasteiger partial charge in [-0.25, -0.2) is 18.3 Å². The van der Waals surface area contributed by atoms with Gasteiger partial charge in [0.15, 0.2) is 5.69 Å². The number of carbonyl (C=O) groups excluding carboxylic acids is 2. The van der Waals surface area contributed by atoms with Gasteiger partial charge in [-0.2, -0.15) is 5.10 Å². The highest BCUT2D eigenvalue weighted by Gasteiger charge is 2.33. The van der Waals surface area contributed by atoms with Crippen molar-refractivity contribution in [3.8, 4) is 5.69 Å². The first kappa shape index (κ1) is 29.7. The number of hydrogen-bond donors (Lipinski definition) is 1. The molecule has 0 fully saturated rings. The zero-order valence-electron chi connectivity index (χ0n) is 22.9. The van der Waals surface area contributed by atoms with E-state index in [1.807, 2.05) is 6.07 Å². The van der Waals surface area contributed by atoms with E-state index in [9.17, 15) is 18.4 Å². The van der Waals surface area contributed by atoms with Crippen LogP contribution in [0, 0.1) is 11.6 Å². The topological polar surface area (TPSA) is 73.2 Å². The maximum Gasteiger partial charge on any atom is 0.328 e. The second-order valence-electron chi connectivity index (χ2n) is 10.4. The Balaban J connectivity index is 1.56. The van der Waals surface area contributed by atoms with Crippen LogP contribution in [0.15, 0.2) is 66.7 Å². The molecule has 2 atom stereocenters. The van der Waals surface area contributed by atoms with Gasteiger partial charge in [-0.15, -0.1) is 0 Å². The van der Waals surface area contributed by atoms with Crippen LogP contribution in [0.5, 0.6) is 0 Å². The predicted octanol–water partition coefficient (Wildman–Crippen LogP) is 7.02. The second kappa shape index (κ2) is 13.0. The van der Waals surface area contributed by atoms with Gasteiger partial charge in [-0.1, -0.05) is 53.9 Å². The molecule has 3 aromatic carbocycles. The fourth-order valence-corrected chi connectivity index (χ4v) is 6.03. The maximum absolute atomic E-state index is 14.1. The van der Waals surface area contributed by atoms with Gasteiger partial charge in [0, 0.05) is 22.9 Å². The van der Waals surface area contributed by atoms with Crippen molar-refractivity contribution >= 4 is 35.1 Å². The van der Waals surface area contributed by atoms with Crippen molar-refractivity contribution in [2.75, 3.05) is 7.11 Å². The molecule has 1 amide bonds. The number of methoxy groups -OCH3 is 1. The molecule has 1 N–H and O–H groups in total. The predicted molar refractivity (Wildman–Crippen MR) is 157 cm³/mol. The number of halogens is 4. The van der Waals surface area contributed by atoms with Gasteiger partial charge in [-0.3, -0.25) is 4.79 Å². The molecular formula is C32H29Cl2F2N3O3. The van der Waals surface area contributed by atoms with Gasteiger partial charge in [0.1, 0.15) is 17.7 Å². The lowest BCUT2D eigenvalue weighted by atomic mass is 9.90. The number of amides is 1. The standard InChI is InChI=1S/C32H29Cl2F2N3O3/c1-42-32(41)27(17-19-9-12-23(35)13-10-19)37-31(40)29-25-8-3-2-6-21(15-20-5-4-7-24(36)16-20)30(25)39(38-29)28-14-11-22(33)18-26(28)34/h4-5,7,9-14,16,18,21,27H,2-3,6,8,15,17H2,1H3,(H,37,40)/t21-,27+/m1/s1. The van der Waals surface area contributed by atoms with Crippen molar-refractivity contribution < 1.29 is 23.1 Å². The van der Waals surface area contributed by atoms with Crippen molar-refractivity contribution in [1.29, 1.82) is 0 Å². The number of aromatic nitrogens is 2. The van der Waals surface area contributed by atoms with Gasteiger partial charge in [0.2, 0.25) is 0 Å². The molecule has 10 heteroatoms. The van der Waals surface area contributed by atoms with Gasteiger partial charge >= 0.3 is 5.97 Å². The summed E-state index contributed by atoms with van der Waals surface area (Å²) in [5.41, 5.74) is 3.79. The lowest BCUT2D eigenvalue weighted by Gasteiger charge is -2.19. The van der Waals surface area contributed by atoms with E-state index in [0.29, 0.717) is 34.1 Å². The molecule has 6 nitrogen and oxygen atoms in total. The first-order valence-electron chi connectivity index (χ1n) is 13.7. The summed E-state index contributed by atoms with van der Waals surface area (Å²) in [4.78, 5) is 26.5. The van der Waals surface area contributed by atoms with Crippen molar-refractivity contribution in [2.24, 2.45) is 0 Å². The largest absolute Gasteiger partial charge is 0.467 e. The second-order valence-corrected chi connectivity index (χ2v) is 11.2. The molecule has 5 rings (SSSR count). The maximum atomic E-state index is 14.1. The van der Waals surface area contributed by atoms with E-state index in [0.717, 1.165) is 36.1 Å². The van der Waals surface area contributed by atoms with E-state index in [2.05, 4.69) is 5.32 Å². The minimum absolute atomic E-state index is 0.0827. The SMILES string of the molecule is COC(=O)[C@H](Cc1ccc(F)cc1)NC(=O)c1nn(-c2ccc(Cl)cc2Cl)c2c1CCCC[C@@H]2Cc1cccc(F)c1. The average molecular weight is 613 g/mol. The first-order valence-corrected chi connectivity index (χ1v) is 14.4. The summed E-state index contributed by atoms with van der Waals surface area (Å²) in [6.45, 7) is 0. The molecule has 4 aromatic rings. The van der Waals surface area contributed by atoms with Crippen LogP contribution >= 0.6 is 23.2 Å². The number of nitrogens with zero attached hydrogens (tertiary/aromatic N) is 2. The van der Waals surface area contributed by atoms with E-state index >= 15 is 0 Å². The fourth-order valence-electron chi connectivity index (χ4n) is 5.54. The molecule has 0 aliphatic heterocycles. The Bertz CT molecular complexity index is 1610. The molecular weight excluding hydrogens is 583 g/mol. The summed E-state index contributed by atoms with van der Waals surface area (Å²) in [5, 5.41) is 8.37. The van der Waals surface area contributed by atoms with Gasteiger partial charge in [-0.05, 0) is 79.3 Å². The Morgan fingerprint density at radius 3 is 2.52 bits per heavy atom. The number of benzene rings is 3. The molecule has 1 aliphatic carbocycles. The Morgan fingerprint density at radius 2 is 1.81 bits per heavy atom. The quantitative estimate of drug-likeness (QED) is 0.172. The summed E-state index contributed by atoms with van der Waals surface area (Å²) in [6.07, 6.45) is 3.76. The normalized spacial score (nSPS) is 15.4. The van der Waals surface area contributed by atoms with Gasteiger partial charge in [0.05, 0.1) is 23.5 Å². The number of carbonyl (C=O) groups is 2. The smallest absolute Gasteiger partial charge is 0.328 e. The molecule has 0 radical (unpaired) electrons. The molecule has 1 aromatic heterocycles. The molecule has 42 heavy (non-hydrogen) atoms. The molecule has 1 aliphatic rings. The summed E-state index contributed by atoms with van der Waals surface area (Å²) in [7, 11) is 1.24. The van der Waals surface area contributed by atoms with Crippen molar-refractivity contribution in [3.63, 3.8) is 0 Å². The van der Waals surface area contributed by atoms with Crippen LogP contribution in [0.25, 0.3) is 5.69 Å². The van der Waals surface area contributed by atoms with Crippen LogP contribution in [0.2, 0.25) is 10.0 Å². The lowest BCUT2D eigenvalue weighted by Crippen LogP contribution is -2.43. The molecule has 218 valence electrons. The monoisotopic (exact) mass is 611 g/mol. The zero-order chi connectivity index (χ0) is 29.8. The number of esters is 1. The fraction of sp³-hybridized carbons (Fsp3) is 0.281. The Morgan fingerprint density at radius 1 is 1.02 bits per heavy atom. The Labute approximate surface area is 252 Å². The number of rotatable bonds is 8. The number of ether oxygens (including phenoxy) is 1. The van der Waals surface area contributed by atoms with Crippen LogP contribution in [-0.2, 0) is 28.8 Å². The molecule has 0 bridgehead atoms. The van der Waals surface area contributed by atoms with E-state index < -0.39 is 23.7 Å². The summed E-state index contributed by atoms with van der Waals surface area (Å²) in [5.74, 6) is -1.98. The van der Waals surface area contributed by atoms with Crippen molar-refractivity contribution in [1.82, 2.24) is 15.1 Å². The third kappa shape index (κ3) is 6.66. The first-order chi connectivity index (χ1) is 20.2. The average Bonchev–Trinajstić information content (AvgIpc) is 3.22. The van der Waals surface area contributed by atoms with Crippen LogP contribution in [-0.4, -0.2) is 34.8 Å². The summed E-state index contributed by atoms with van der Waals surface area (Å²) in [6, 6.07) is 16.2. The van der Waals surface area contributed by atoms with E-state index in [4.69, 9.17) is 33.0 Å².